The van der Waals surface area contributed by atoms with Crippen LogP contribution in [0.3, 0.4) is 0 Å². The fourth-order valence-electron chi connectivity index (χ4n) is 2.26. The number of imidazole rings is 1. The standard InChI is InChI=1S/C15H27N3O2/c1-6-9-17-15(4,14(19)20-5)8-7-10-18-11-16-12(2)13(18)3/h11,17H,6-10H2,1-5H3. The second kappa shape index (κ2) is 7.43. The highest BCUT2D eigenvalue weighted by Gasteiger charge is 2.32. The first-order chi connectivity index (χ1) is 9.44. The summed E-state index contributed by atoms with van der Waals surface area (Å²) in [6, 6.07) is 0. The molecule has 1 aromatic rings. The molecule has 0 saturated carbocycles. The van der Waals surface area contributed by atoms with E-state index < -0.39 is 5.54 Å². The van der Waals surface area contributed by atoms with E-state index in [0.29, 0.717) is 0 Å². The van der Waals surface area contributed by atoms with E-state index in [1.54, 1.807) is 0 Å². The van der Waals surface area contributed by atoms with Crippen molar-refractivity contribution in [1.29, 1.82) is 0 Å². The maximum Gasteiger partial charge on any atom is 0.325 e. The summed E-state index contributed by atoms with van der Waals surface area (Å²) < 4.78 is 7.05. The summed E-state index contributed by atoms with van der Waals surface area (Å²) in [4.78, 5) is 16.2. The zero-order valence-electron chi connectivity index (χ0n) is 13.3. The molecule has 5 heteroatoms. The van der Waals surface area contributed by atoms with Gasteiger partial charge in [-0.25, -0.2) is 4.98 Å². The summed E-state index contributed by atoms with van der Waals surface area (Å²) in [5.74, 6) is -0.190. The van der Waals surface area contributed by atoms with Crippen molar-refractivity contribution in [3.05, 3.63) is 17.7 Å². The molecule has 0 radical (unpaired) electrons. The van der Waals surface area contributed by atoms with Crippen LogP contribution in [0.25, 0.3) is 0 Å². The lowest BCUT2D eigenvalue weighted by molar-refractivity contribution is -0.148. The zero-order chi connectivity index (χ0) is 15.2. The van der Waals surface area contributed by atoms with E-state index in [2.05, 4.69) is 28.7 Å². The van der Waals surface area contributed by atoms with Gasteiger partial charge in [-0.2, -0.15) is 0 Å². The van der Waals surface area contributed by atoms with E-state index >= 15 is 0 Å². The molecule has 0 spiro atoms. The summed E-state index contributed by atoms with van der Waals surface area (Å²) >= 11 is 0. The third kappa shape index (κ3) is 4.07. The van der Waals surface area contributed by atoms with Crippen LogP contribution < -0.4 is 5.32 Å². The molecule has 1 N–H and O–H groups in total. The summed E-state index contributed by atoms with van der Waals surface area (Å²) in [5, 5.41) is 3.30. The molecule has 1 atom stereocenters. The zero-order valence-corrected chi connectivity index (χ0v) is 13.3. The van der Waals surface area contributed by atoms with Gasteiger partial charge in [0.25, 0.3) is 0 Å². The largest absolute Gasteiger partial charge is 0.468 e. The molecule has 5 nitrogen and oxygen atoms in total. The Kier molecular flexibility index (Phi) is 6.20. The Balaban J connectivity index is 2.58. The van der Waals surface area contributed by atoms with Gasteiger partial charge in [0, 0.05) is 12.2 Å². The van der Waals surface area contributed by atoms with Crippen molar-refractivity contribution in [1.82, 2.24) is 14.9 Å². The summed E-state index contributed by atoms with van der Waals surface area (Å²) in [5.41, 5.74) is 1.64. The molecular weight excluding hydrogens is 254 g/mol. The number of methoxy groups -OCH3 is 1. The number of carbonyl (C=O) groups is 1. The van der Waals surface area contributed by atoms with Crippen LogP contribution in [0.15, 0.2) is 6.33 Å². The monoisotopic (exact) mass is 281 g/mol. The summed E-state index contributed by atoms with van der Waals surface area (Å²) in [7, 11) is 1.44. The number of carbonyl (C=O) groups excluding carboxylic acids is 1. The number of nitrogens with one attached hydrogen (secondary N) is 1. The predicted molar refractivity (Wildman–Crippen MR) is 79.6 cm³/mol. The average Bonchev–Trinajstić information content (AvgIpc) is 2.76. The first-order valence-electron chi connectivity index (χ1n) is 7.26. The molecule has 0 aliphatic rings. The Morgan fingerprint density at radius 2 is 2.20 bits per heavy atom. The number of nitrogens with zero attached hydrogens (tertiary/aromatic N) is 2. The second-order valence-electron chi connectivity index (χ2n) is 5.46. The van der Waals surface area contributed by atoms with Crippen LogP contribution in [0.2, 0.25) is 0 Å². The Morgan fingerprint density at radius 1 is 1.50 bits per heavy atom. The topological polar surface area (TPSA) is 56.2 Å². The van der Waals surface area contributed by atoms with Crippen molar-refractivity contribution in [2.24, 2.45) is 0 Å². The summed E-state index contributed by atoms with van der Waals surface area (Å²) in [6.07, 6.45) is 4.50. The molecule has 0 amide bonds. The van der Waals surface area contributed by atoms with Gasteiger partial charge in [-0.05, 0) is 46.6 Å². The normalized spacial score (nSPS) is 14.1. The maximum atomic E-state index is 11.9. The third-order valence-electron chi connectivity index (χ3n) is 3.82. The Hall–Kier alpha value is -1.36. The number of rotatable bonds is 8. The van der Waals surface area contributed by atoms with Crippen molar-refractivity contribution >= 4 is 5.97 Å². The quantitative estimate of drug-likeness (QED) is 0.742. The van der Waals surface area contributed by atoms with Crippen molar-refractivity contribution in [2.45, 2.75) is 59.0 Å². The minimum atomic E-state index is -0.603. The molecule has 1 aromatic heterocycles. The van der Waals surface area contributed by atoms with Gasteiger partial charge in [0.15, 0.2) is 0 Å². The van der Waals surface area contributed by atoms with Crippen LogP contribution in [0.4, 0.5) is 0 Å². The van der Waals surface area contributed by atoms with Gasteiger partial charge in [-0.3, -0.25) is 4.79 Å². The van der Waals surface area contributed by atoms with Gasteiger partial charge in [0.1, 0.15) is 5.54 Å². The maximum absolute atomic E-state index is 11.9. The lowest BCUT2D eigenvalue weighted by Gasteiger charge is -2.28. The Labute approximate surface area is 121 Å². The lowest BCUT2D eigenvalue weighted by atomic mass is 9.95. The van der Waals surface area contributed by atoms with Crippen LogP contribution in [0.1, 0.15) is 44.5 Å². The van der Waals surface area contributed by atoms with Crippen molar-refractivity contribution in [2.75, 3.05) is 13.7 Å². The smallest absolute Gasteiger partial charge is 0.325 e. The summed E-state index contributed by atoms with van der Waals surface area (Å²) in [6.45, 7) is 9.76. The van der Waals surface area contributed by atoms with Gasteiger partial charge in [-0.1, -0.05) is 6.92 Å². The van der Waals surface area contributed by atoms with Gasteiger partial charge in [0.2, 0.25) is 0 Å². The van der Waals surface area contributed by atoms with E-state index in [0.717, 1.165) is 38.0 Å². The highest BCUT2D eigenvalue weighted by atomic mass is 16.5. The molecular formula is C15H27N3O2. The highest BCUT2D eigenvalue weighted by Crippen LogP contribution is 2.16. The predicted octanol–water partition coefficient (Wildman–Crippen LogP) is 2.21. The van der Waals surface area contributed by atoms with E-state index in [1.165, 1.54) is 12.8 Å². The van der Waals surface area contributed by atoms with E-state index in [-0.39, 0.29) is 5.97 Å². The Morgan fingerprint density at radius 3 is 2.70 bits per heavy atom. The number of ether oxygens (including phenoxy) is 1. The fraction of sp³-hybridized carbons (Fsp3) is 0.733. The number of hydrogen-bond acceptors (Lipinski definition) is 4. The lowest BCUT2D eigenvalue weighted by Crippen LogP contribution is -2.50. The SMILES string of the molecule is CCCNC(C)(CCCn1cnc(C)c1C)C(=O)OC. The molecule has 0 aliphatic carbocycles. The van der Waals surface area contributed by atoms with Crippen LogP contribution in [-0.2, 0) is 16.1 Å². The van der Waals surface area contributed by atoms with E-state index in [9.17, 15) is 4.79 Å². The fourth-order valence-corrected chi connectivity index (χ4v) is 2.26. The molecule has 1 heterocycles. The van der Waals surface area contributed by atoms with Crippen molar-refractivity contribution in [3.63, 3.8) is 0 Å². The number of aryl methyl sites for hydroxylation is 2. The number of hydrogen-bond donors (Lipinski definition) is 1. The highest BCUT2D eigenvalue weighted by molar-refractivity contribution is 5.80. The third-order valence-corrected chi connectivity index (χ3v) is 3.82. The number of aromatic nitrogens is 2. The van der Waals surface area contributed by atoms with Gasteiger partial charge in [-0.15, -0.1) is 0 Å². The molecule has 0 saturated heterocycles. The molecule has 20 heavy (non-hydrogen) atoms. The molecule has 114 valence electrons. The van der Waals surface area contributed by atoms with Gasteiger partial charge in [0.05, 0.1) is 19.1 Å². The molecule has 0 aromatic carbocycles. The van der Waals surface area contributed by atoms with E-state index in [4.69, 9.17) is 4.74 Å². The molecule has 1 rings (SSSR count). The first kappa shape index (κ1) is 16.7. The van der Waals surface area contributed by atoms with Crippen LogP contribution in [0, 0.1) is 13.8 Å². The second-order valence-corrected chi connectivity index (χ2v) is 5.46. The van der Waals surface area contributed by atoms with Crippen molar-refractivity contribution in [3.8, 4) is 0 Å². The molecule has 1 unspecified atom stereocenters. The molecule has 0 aliphatic heterocycles. The minimum Gasteiger partial charge on any atom is -0.468 e. The Bertz CT molecular complexity index is 442. The van der Waals surface area contributed by atoms with Crippen LogP contribution in [0.5, 0.6) is 0 Å². The minimum absolute atomic E-state index is 0.190. The van der Waals surface area contributed by atoms with Crippen molar-refractivity contribution < 1.29 is 9.53 Å². The average molecular weight is 281 g/mol. The van der Waals surface area contributed by atoms with Crippen LogP contribution in [-0.4, -0.2) is 34.7 Å². The molecule has 0 bridgehead atoms. The first-order valence-corrected chi connectivity index (χ1v) is 7.26. The van der Waals surface area contributed by atoms with Gasteiger partial charge < -0.3 is 14.6 Å². The van der Waals surface area contributed by atoms with Gasteiger partial charge >= 0.3 is 5.97 Å². The number of esters is 1. The molecule has 0 fully saturated rings. The van der Waals surface area contributed by atoms with E-state index in [1.807, 2.05) is 20.2 Å². The van der Waals surface area contributed by atoms with Crippen LogP contribution >= 0.6 is 0 Å².